The zero-order valence-corrected chi connectivity index (χ0v) is 22.1. The van der Waals surface area contributed by atoms with Crippen LogP contribution in [0.4, 0.5) is 11.4 Å². The van der Waals surface area contributed by atoms with Crippen LogP contribution in [0.1, 0.15) is 44.7 Å². The minimum atomic E-state index is -3.98. The van der Waals surface area contributed by atoms with Crippen LogP contribution in [0.15, 0.2) is 48.5 Å². The Bertz CT molecular complexity index is 1180. The molecular weight excluding hydrogens is 484 g/mol. The first-order valence-corrected chi connectivity index (χ1v) is 13.6. The van der Waals surface area contributed by atoms with Crippen molar-refractivity contribution in [2.24, 2.45) is 0 Å². The van der Waals surface area contributed by atoms with E-state index in [2.05, 4.69) is 5.32 Å². The molecule has 2 atom stereocenters. The summed E-state index contributed by atoms with van der Waals surface area (Å²) in [6.45, 7) is 7.00. The van der Waals surface area contributed by atoms with Crippen molar-refractivity contribution < 1.29 is 22.9 Å². The molecule has 0 radical (unpaired) electrons. The van der Waals surface area contributed by atoms with Gasteiger partial charge in [-0.15, -0.1) is 0 Å². The molecule has 0 saturated carbocycles. The van der Waals surface area contributed by atoms with Gasteiger partial charge < -0.3 is 10.2 Å². The average Bonchev–Trinajstić information content (AvgIpc) is 2.82. The number of benzene rings is 2. The van der Waals surface area contributed by atoms with E-state index >= 15 is 0 Å². The lowest BCUT2D eigenvalue weighted by atomic mass is 10.1. The molecule has 10 nitrogen and oxygen atoms in total. The second-order valence-corrected chi connectivity index (χ2v) is 10.7. The number of hydrogen-bond acceptors (Lipinski definition) is 6. The van der Waals surface area contributed by atoms with Crippen molar-refractivity contribution >= 4 is 33.2 Å². The van der Waals surface area contributed by atoms with E-state index in [1.165, 1.54) is 23.1 Å². The Morgan fingerprint density at radius 3 is 2.25 bits per heavy atom. The lowest BCUT2D eigenvalue weighted by Gasteiger charge is -2.33. The molecule has 2 rings (SSSR count). The first kappa shape index (κ1) is 28.8. The quantitative estimate of drug-likeness (QED) is 0.339. The SMILES string of the molecule is CC[C@H](C(=O)N[C@@H](C)CC)N(Cc1ccc(C)cc1)C(=O)CN(c1cccc([N+](=O)[O-])c1)S(C)(=O)=O. The number of aryl methyl sites for hydroxylation is 1. The number of nitro benzene ring substituents is 1. The normalized spacial score (nSPS) is 12.9. The van der Waals surface area contributed by atoms with Gasteiger partial charge in [-0.05, 0) is 38.3 Å². The second-order valence-electron chi connectivity index (χ2n) is 8.80. The molecule has 2 amide bonds. The van der Waals surface area contributed by atoms with Crippen molar-refractivity contribution in [1.29, 1.82) is 0 Å². The Kier molecular flexibility index (Phi) is 9.97. The van der Waals surface area contributed by atoms with Crippen LogP contribution in [0.2, 0.25) is 0 Å². The van der Waals surface area contributed by atoms with Gasteiger partial charge in [0, 0.05) is 24.7 Å². The van der Waals surface area contributed by atoms with Crippen molar-refractivity contribution in [2.75, 3.05) is 17.1 Å². The summed E-state index contributed by atoms with van der Waals surface area (Å²) in [5.74, 6) is -0.924. The average molecular weight is 519 g/mol. The third-order valence-corrected chi connectivity index (χ3v) is 7.01. The predicted molar refractivity (Wildman–Crippen MR) is 139 cm³/mol. The van der Waals surface area contributed by atoms with Gasteiger partial charge in [-0.1, -0.05) is 49.7 Å². The molecule has 0 aromatic heterocycles. The smallest absolute Gasteiger partial charge is 0.271 e. The highest BCUT2D eigenvalue weighted by atomic mass is 32.2. The van der Waals surface area contributed by atoms with Crippen LogP contribution in [0.25, 0.3) is 0 Å². The highest BCUT2D eigenvalue weighted by molar-refractivity contribution is 7.92. The van der Waals surface area contributed by atoms with Crippen LogP contribution in [0.5, 0.6) is 0 Å². The van der Waals surface area contributed by atoms with Crippen molar-refractivity contribution in [1.82, 2.24) is 10.2 Å². The lowest BCUT2D eigenvalue weighted by molar-refractivity contribution is -0.384. The topological polar surface area (TPSA) is 130 Å². The number of carbonyl (C=O) groups excluding carboxylic acids is 2. The Morgan fingerprint density at radius 2 is 1.72 bits per heavy atom. The van der Waals surface area contributed by atoms with Gasteiger partial charge in [0.15, 0.2) is 0 Å². The predicted octanol–water partition coefficient (Wildman–Crippen LogP) is 3.39. The molecule has 0 fully saturated rings. The van der Waals surface area contributed by atoms with Crippen molar-refractivity contribution in [3.05, 3.63) is 69.8 Å². The fraction of sp³-hybridized carbons (Fsp3) is 0.440. The molecule has 0 unspecified atom stereocenters. The summed E-state index contributed by atoms with van der Waals surface area (Å²) in [5.41, 5.74) is 1.51. The first-order valence-electron chi connectivity index (χ1n) is 11.7. The number of nitrogens with zero attached hydrogens (tertiary/aromatic N) is 3. The van der Waals surface area contributed by atoms with Gasteiger partial charge in [-0.25, -0.2) is 8.42 Å². The third-order valence-electron chi connectivity index (χ3n) is 5.87. The van der Waals surface area contributed by atoms with Gasteiger partial charge in [0.2, 0.25) is 21.8 Å². The Morgan fingerprint density at radius 1 is 1.08 bits per heavy atom. The molecule has 196 valence electrons. The summed E-state index contributed by atoms with van der Waals surface area (Å²) < 4.78 is 26.1. The van der Waals surface area contributed by atoms with E-state index in [-0.39, 0.29) is 29.9 Å². The molecule has 11 heteroatoms. The Balaban J connectivity index is 2.47. The largest absolute Gasteiger partial charge is 0.352 e. The molecule has 2 aromatic carbocycles. The van der Waals surface area contributed by atoms with Gasteiger partial charge in [0.25, 0.3) is 5.69 Å². The number of carbonyl (C=O) groups is 2. The first-order chi connectivity index (χ1) is 16.9. The van der Waals surface area contributed by atoms with E-state index in [1.807, 2.05) is 45.0 Å². The van der Waals surface area contributed by atoms with E-state index in [0.717, 1.165) is 27.8 Å². The summed E-state index contributed by atoms with van der Waals surface area (Å²) in [6.07, 6.45) is 1.95. The number of non-ortho nitro benzene ring substituents is 1. The van der Waals surface area contributed by atoms with Crippen LogP contribution in [-0.2, 0) is 26.2 Å². The van der Waals surface area contributed by atoms with Crippen LogP contribution in [0.3, 0.4) is 0 Å². The van der Waals surface area contributed by atoms with Crippen LogP contribution in [0, 0.1) is 17.0 Å². The maximum atomic E-state index is 13.6. The van der Waals surface area contributed by atoms with Gasteiger partial charge in [-0.3, -0.25) is 24.0 Å². The molecule has 36 heavy (non-hydrogen) atoms. The van der Waals surface area contributed by atoms with E-state index in [1.54, 1.807) is 6.92 Å². The zero-order chi connectivity index (χ0) is 27.0. The molecule has 2 aromatic rings. The number of nitro groups is 1. The van der Waals surface area contributed by atoms with Crippen LogP contribution >= 0.6 is 0 Å². The van der Waals surface area contributed by atoms with Gasteiger partial charge in [0.05, 0.1) is 16.9 Å². The molecule has 0 aliphatic rings. The summed E-state index contributed by atoms with van der Waals surface area (Å²) >= 11 is 0. The Labute approximate surface area is 212 Å². The van der Waals surface area contributed by atoms with E-state index in [0.29, 0.717) is 12.8 Å². The second kappa shape index (κ2) is 12.5. The summed E-state index contributed by atoms with van der Waals surface area (Å²) in [7, 11) is -3.98. The maximum absolute atomic E-state index is 13.6. The molecule has 0 aliphatic heterocycles. The summed E-state index contributed by atoms with van der Waals surface area (Å²) in [6, 6.07) is 11.6. The number of rotatable bonds is 12. The van der Waals surface area contributed by atoms with Crippen molar-refractivity contribution in [3.8, 4) is 0 Å². The van der Waals surface area contributed by atoms with Crippen molar-refractivity contribution in [2.45, 2.75) is 59.2 Å². The standard InChI is InChI=1S/C25H34N4O6S/c1-6-19(4)26-25(31)23(7-2)27(16-20-13-11-18(3)12-14-20)24(30)17-28(36(5,34)35)21-9-8-10-22(15-21)29(32)33/h8-15,19,23H,6-7,16-17H2,1-5H3,(H,26,31)/t19-,23+/m0/s1. The summed E-state index contributed by atoms with van der Waals surface area (Å²) in [4.78, 5) is 38.7. The highest BCUT2D eigenvalue weighted by Crippen LogP contribution is 2.24. The molecule has 0 spiro atoms. The summed E-state index contributed by atoms with van der Waals surface area (Å²) in [5, 5.41) is 14.1. The van der Waals surface area contributed by atoms with Gasteiger partial charge >= 0.3 is 0 Å². The third kappa shape index (κ3) is 7.77. The molecule has 0 heterocycles. The number of nitrogens with one attached hydrogen (secondary N) is 1. The molecule has 1 N–H and O–H groups in total. The number of hydrogen-bond donors (Lipinski definition) is 1. The molecule has 0 bridgehead atoms. The molecular formula is C25H34N4O6S. The zero-order valence-electron chi connectivity index (χ0n) is 21.3. The minimum Gasteiger partial charge on any atom is -0.352 e. The molecule has 0 saturated heterocycles. The van der Waals surface area contributed by atoms with Crippen LogP contribution < -0.4 is 9.62 Å². The lowest BCUT2D eigenvalue weighted by Crippen LogP contribution is -2.53. The number of sulfonamides is 1. The van der Waals surface area contributed by atoms with E-state index < -0.39 is 33.4 Å². The Hall–Kier alpha value is -3.47. The van der Waals surface area contributed by atoms with Crippen LogP contribution in [-0.4, -0.2) is 54.9 Å². The minimum absolute atomic E-state index is 0.00700. The van der Waals surface area contributed by atoms with E-state index in [9.17, 15) is 28.1 Å². The number of amides is 2. The monoisotopic (exact) mass is 518 g/mol. The number of anilines is 1. The van der Waals surface area contributed by atoms with Crippen molar-refractivity contribution in [3.63, 3.8) is 0 Å². The fourth-order valence-electron chi connectivity index (χ4n) is 3.63. The molecule has 0 aliphatic carbocycles. The van der Waals surface area contributed by atoms with E-state index in [4.69, 9.17) is 0 Å². The fourth-order valence-corrected chi connectivity index (χ4v) is 4.47. The van der Waals surface area contributed by atoms with Gasteiger partial charge in [-0.2, -0.15) is 0 Å². The maximum Gasteiger partial charge on any atom is 0.271 e. The highest BCUT2D eigenvalue weighted by Gasteiger charge is 2.32. The van der Waals surface area contributed by atoms with Gasteiger partial charge in [0.1, 0.15) is 12.6 Å².